The molecule has 0 atom stereocenters. The van der Waals surface area contributed by atoms with E-state index >= 15 is 0 Å². The Balaban J connectivity index is 2.17. The van der Waals surface area contributed by atoms with Crippen molar-refractivity contribution in [1.29, 1.82) is 0 Å². The normalized spacial score (nSPS) is 14.4. The van der Waals surface area contributed by atoms with Crippen LogP contribution in [0.25, 0.3) is 11.3 Å². The first-order valence-electron chi connectivity index (χ1n) is 6.30. The van der Waals surface area contributed by atoms with Gasteiger partial charge in [0, 0.05) is 17.7 Å². The van der Waals surface area contributed by atoms with Gasteiger partial charge in [-0.2, -0.15) is 4.98 Å². The van der Waals surface area contributed by atoms with Gasteiger partial charge in [0.1, 0.15) is 5.82 Å². The van der Waals surface area contributed by atoms with Gasteiger partial charge in [-0.3, -0.25) is 0 Å². The Morgan fingerprint density at radius 2 is 1.89 bits per heavy atom. The lowest BCUT2D eigenvalue weighted by molar-refractivity contribution is 0.785. The second-order valence-electron chi connectivity index (χ2n) is 4.51. The molecule has 0 amide bonds. The molecule has 1 aromatic carbocycles. The minimum absolute atomic E-state index is 0.335. The van der Waals surface area contributed by atoms with E-state index in [0.29, 0.717) is 5.95 Å². The fourth-order valence-electron chi connectivity index (χ4n) is 2.35. The number of hydrogen-bond donors (Lipinski definition) is 2. The maximum atomic E-state index is 5.81. The third-order valence-corrected chi connectivity index (χ3v) is 3.22. The Kier molecular flexibility index (Phi) is 2.84. The van der Waals surface area contributed by atoms with Gasteiger partial charge in [-0.25, -0.2) is 4.98 Å². The van der Waals surface area contributed by atoms with E-state index < -0.39 is 0 Å². The number of nitrogens with two attached hydrogens (primary N) is 1. The average molecular weight is 240 g/mol. The van der Waals surface area contributed by atoms with Crippen molar-refractivity contribution in [3.05, 3.63) is 35.9 Å². The van der Waals surface area contributed by atoms with Crippen LogP contribution >= 0.6 is 0 Å². The van der Waals surface area contributed by atoms with Crippen molar-refractivity contribution in [2.75, 3.05) is 17.6 Å². The summed E-state index contributed by atoms with van der Waals surface area (Å²) >= 11 is 0. The molecule has 0 aliphatic carbocycles. The van der Waals surface area contributed by atoms with Crippen LogP contribution in [-0.4, -0.2) is 16.5 Å². The van der Waals surface area contributed by atoms with Crippen molar-refractivity contribution in [3.63, 3.8) is 0 Å². The monoisotopic (exact) mass is 240 g/mol. The zero-order valence-electron chi connectivity index (χ0n) is 10.2. The highest BCUT2D eigenvalue weighted by Crippen LogP contribution is 2.30. The zero-order valence-corrected chi connectivity index (χ0v) is 10.2. The molecule has 4 heteroatoms. The average Bonchev–Trinajstić information content (AvgIpc) is 2.64. The molecule has 0 bridgehead atoms. The number of nitrogens with zero attached hydrogens (tertiary/aromatic N) is 2. The summed E-state index contributed by atoms with van der Waals surface area (Å²) in [5.74, 6) is 1.24. The van der Waals surface area contributed by atoms with Crippen molar-refractivity contribution in [1.82, 2.24) is 9.97 Å². The molecule has 3 N–H and O–H groups in total. The summed E-state index contributed by atoms with van der Waals surface area (Å²) in [4.78, 5) is 8.74. The smallest absolute Gasteiger partial charge is 0.222 e. The highest BCUT2D eigenvalue weighted by molar-refractivity contribution is 5.70. The molecule has 92 valence electrons. The lowest BCUT2D eigenvalue weighted by atomic mass is 10.0. The second kappa shape index (κ2) is 4.64. The van der Waals surface area contributed by atoms with E-state index in [1.54, 1.807) is 0 Å². The summed E-state index contributed by atoms with van der Waals surface area (Å²) in [6, 6.07) is 10.2. The number of anilines is 2. The van der Waals surface area contributed by atoms with Crippen LogP contribution in [0.15, 0.2) is 30.3 Å². The van der Waals surface area contributed by atoms with Gasteiger partial charge in [-0.15, -0.1) is 0 Å². The Bertz CT molecular complexity index is 551. The first-order chi connectivity index (χ1) is 8.84. The molecule has 0 saturated heterocycles. The molecule has 2 heterocycles. The van der Waals surface area contributed by atoms with E-state index in [4.69, 9.17) is 5.73 Å². The van der Waals surface area contributed by atoms with Gasteiger partial charge >= 0.3 is 0 Å². The van der Waals surface area contributed by atoms with Gasteiger partial charge in [0.05, 0.1) is 5.69 Å². The van der Waals surface area contributed by atoms with E-state index in [1.807, 2.05) is 18.2 Å². The minimum atomic E-state index is 0.335. The fraction of sp³-hybridized carbons (Fsp3) is 0.286. The summed E-state index contributed by atoms with van der Waals surface area (Å²) in [5, 5.41) is 3.34. The number of rotatable bonds is 1. The van der Waals surface area contributed by atoms with Crippen LogP contribution in [0.4, 0.5) is 11.8 Å². The Labute approximate surface area is 106 Å². The summed E-state index contributed by atoms with van der Waals surface area (Å²) in [7, 11) is 0. The van der Waals surface area contributed by atoms with Crippen molar-refractivity contribution in [3.8, 4) is 11.3 Å². The number of aromatic nitrogens is 2. The predicted octanol–water partition coefficient (Wildman–Crippen LogP) is 2.47. The fourth-order valence-corrected chi connectivity index (χ4v) is 2.35. The standard InChI is InChI=1S/C14H16N4/c15-14-17-12(10-6-2-1-3-7-10)11-8-4-5-9-16-13(11)18-14/h1-3,6-7H,4-5,8-9H2,(H3,15,16,17,18). The first kappa shape index (κ1) is 11.0. The number of hydrogen-bond acceptors (Lipinski definition) is 4. The Morgan fingerprint density at radius 3 is 2.72 bits per heavy atom. The van der Waals surface area contributed by atoms with Crippen molar-refractivity contribution >= 4 is 11.8 Å². The van der Waals surface area contributed by atoms with Crippen LogP contribution in [0.2, 0.25) is 0 Å². The molecule has 2 aromatic rings. The first-order valence-corrected chi connectivity index (χ1v) is 6.30. The zero-order chi connectivity index (χ0) is 12.4. The van der Waals surface area contributed by atoms with E-state index in [0.717, 1.165) is 42.9 Å². The Morgan fingerprint density at radius 1 is 1.06 bits per heavy atom. The number of fused-ring (bicyclic) bond motifs is 1. The van der Waals surface area contributed by atoms with Gasteiger partial charge < -0.3 is 11.1 Å². The summed E-state index contributed by atoms with van der Waals surface area (Å²) in [6.07, 6.45) is 3.32. The van der Waals surface area contributed by atoms with E-state index in [-0.39, 0.29) is 0 Å². The molecule has 0 saturated carbocycles. The van der Waals surface area contributed by atoms with Crippen molar-refractivity contribution in [2.45, 2.75) is 19.3 Å². The number of nitrogens with one attached hydrogen (secondary N) is 1. The summed E-state index contributed by atoms with van der Waals surface area (Å²) in [6.45, 7) is 0.956. The van der Waals surface area contributed by atoms with Gasteiger partial charge in [-0.1, -0.05) is 30.3 Å². The molecule has 0 spiro atoms. The van der Waals surface area contributed by atoms with Crippen LogP contribution in [0.1, 0.15) is 18.4 Å². The van der Waals surface area contributed by atoms with Gasteiger partial charge in [0.15, 0.2) is 0 Å². The molecule has 0 unspecified atom stereocenters. The molecule has 1 aliphatic heterocycles. The lowest BCUT2D eigenvalue weighted by Crippen LogP contribution is -2.07. The van der Waals surface area contributed by atoms with E-state index in [9.17, 15) is 0 Å². The van der Waals surface area contributed by atoms with E-state index in [1.165, 1.54) is 5.56 Å². The maximum Gasteiger partial charge on any atom is 0.222 e. The van der Waals surface area contributed by atoms with E-state index in [2.05, 4.69) is 27.4 Å². The second-order valence-corrected chi connectivity index (χ2v) is 4.51. The highest BCUT2D eigenvalue weighted by atomic mass is 15.1. The quantitative estimate of drug-likeness (QED) is 0.803. The summed E-state index contributed by atoms with van der Waals surface area (Å²) < 4.78 is 0. The third kappa shape index (κ3) is 2.01. The Hall–Kier alpha value is -2.10. The molecule has 1 aromatic heterocycles. The largest absolute Gasteiger partial charge is 0.370 e. The molecule has 0 radical (unpaired) electrons. The topological polar surface area (TPSA) is 63.8 Å². The number of benzene rings is 1. The molecular weight excluding hydrogens is 224 g/mol. The molecule has 0 fully saturated rings. The summed E-state index contributed by atoms with van der Waals surface area (Å²) in [5.41, 5.74) is 9.07. The minimum Gasteiger partial charge on any atom is -0.370 e. The molecule has 3 rings (SSSR count). The molecule has 1 aliphatic rings. The molecule has 18 heavy (non-hydrogen) atoms. The third-order valence-electron chi connectivity index (χ3n) is 3.22. The lowest BCUT2D eigenvalue weighted by Gasteiger charge is -2.12. The predicted molar refractivity (Wildman–Crippen MR) is 73.3 cm³/mol. The van der Waals surface area contributed by atoms with Crippen LogP contribution in [0, 0.1) is 0 Å². The van der Waals surface area contributed by atoms with Gasteiger partial charge in [0.2, 0.25) is 5.95 Å². The number of nitrogen functional groups attached to an aromatic ring is 1. The van der Waals surface area contributed by atoms with Crippen LogP contribution in [0.3, 0.4) is 0 Å². The highest BCUT2D eigenvalue weighted by Gasteiger charge is 2.16. The van der Waals surface area contributed by atoms with Gasteiger partial charge in [-0.05, 0) is 19.3 Å². The molecule has 4 nitrogen and oxygen atoms in total. The van der Waals surface area contributed by atoms with Crippen LogP contribution in [-0.2, 0) is 6.42 Å². The van der Waals surface area contributed by atoms with Crippen molar-refractivity contribution < 1.29 is 0 Å². The van der Waals surface area contributed by atoms with Crippen LogP contribution in [0.5, 0.6) is 0 Å². The SMILES string of the molecule is Nc1nc2c(c(-c3ccccc3)n1)CCCCN2. The van der Waals surface area contributed by atoms with Gasteiger partial charge in [0.25, 0.3) is 0 Å². The maximum absolute atomic E-state index is 5.81. The molecular formula is C14H16N4. The van der Waals surface area contributed by atoms with Crippen molar-refractivity contribution in [2.24, 2.45) is 0 Å². The van der Waals surface area contributed by atoms with Crippen LogP contribution < -0.4 is 11.1 Å².